The molecule has 114 valence electrons. The lowest BCUT2D eigenvalue weighted by Crippen LogP contribution is -2.28. The van der Waals surface area contributed by atoms with Gasteiger partial charge in [0.25, 0.3) is 5.91 Å². The van der Waals surface area contributed by atoms with Crippen molar-refractivity contribution in [2.45, 2.75) is 6.54 Å². The highest BCUT2D eigenvalue weighted by Crippen LogP contribution is 2.06. The zero-order valence-electron chi connectivity index (χ0n) is 11.5. The number of hydrogen-bond acceptors (Lipinski definition) is 3. The van der Waals surface area contributed by atoms with Crippen molar-refractivity contribution >= 4 is 11.9 Å². The monoisotopic (exact) mass is 305 g/mol. The summed E-state index contributed by atoms with van der Waals surface area (Å²) in [5, 5.41) is 2.44. The highest BCUT2D eigenvalue weighted by molar-refractivity contribution is 5.91. The zero-order valence-corrected chi connectivity index (χ0v) is 11.5. The Morgan fingerprint density at radius 3 is 2.36 bits per heavy atom. The molecule has 0 aliphatic heterocycles. The first kappa shape index (κ1) is 15.6. The Balaban J connectivity index is 1.79. The fourth-order valence-corrected chi connectivity index (χ4v) is 1.69. The van der Waals surface area contributed by atoms with Gasteiger partial charge in [0, 0.05) is 12.1 Å². The third kappa shape index (κ3) is 4.37. The maximum Gasteiger partial charge on any atom is 0.338 e. The van der Waals surface area contributed by atoms with Crippen LogP contribution in [0, 0.1) is 11.6 Å². The molecular weight excluding hydrogens is 292 g/mol. The largest absolute Gasteiger partial charge is 0.452 e. The average Bonchev–Trinajstić information content (AvgIpc) is 2.52. The normalized spacial score (nSPS) is 10.1. The summed E-state index contributed by atoms with van der Waals surface area (Å²) in [6.07, 6.45) is 0. The van der Waals surface area contributed by atoms with Crippen LogP contribution in [0.4, 0.5) is 8.78 Å². The zero-order chi connectivity index (χ0) is 15.9. The Bertz CT molecular complexity index is 671. The Hall–Kier alpha value is -2.76. The average molecular weight is 305 g/mol. The standard InChI is InChI=1S/C16H13F2NO3/c17-13-7-5-11(6-8-13)16(21)22-10-15(20)19-9-12-3-1-2-4-14(12)18/h1-8H,9-10H2,(H,19,20). The van der Waals surface area contributed by atoms with Gasteiger partial charge in [0.15, 0.2) is 6.61 Å². The van der Waals surface area contributed by atoms with E-state index in [0.29, 0.717) is 5.56 Å². The molecule has 0 aliphatic rings. The van der Waals surface area contributed by atoms with Crippen LogP contribution < -0.4 is 5.32 Å². The van der Waals surface area contributed by atoms with E-state index in [1.54, 1.807) is 18.2 Å². The molecule has 0 radical (unpaired) electrons. The summed E-state index contributed by atoms with van der Waals surface area (Å²) >= 11 is 0. The lowest BCUT2D eigenvalue weighted by Gasteiger charge is -2.07. The number of amides is 1. The lowest BCUT2D eigenvalue weighted by atomic mass is 10.2. The number of rotatable bonds is 5. The number of carbonyl (C=O) groups is 2. The van der Waals surface area contributed by atoms with E-state index in [9.17, 15) is 18.4 Å². The Kier molecular flexibility index (Phi) is 5.19. The van der Waals surface area contributed by atoms with Gasteiger partial charge >= 0.3 is 5.97 Å². The first-order valence-corrected chi connectivity index (χ1v) is 6.49. The van der Waals surface area contributed by atoms with E-state index in [0.717, 1.165) is 12.1 Å². The number of hydrogen-bond donors (Lipinski definition) is 1. The van der Waals surface area contributed by atoms with Gasteiger partial charge in [0.1, 0.15) is 11.6 Å². The third-order valence-corrected chi connectivity index (χ3v) is 2.85. The molecule has 0 aliphatic carbocycles. The van der Waals surface area contributed by atoms with Crippen LogP contribution in [0.2, 0.25) is 0 Å². The number of halogens is 2. The summed E-state index contributed by atoms with van der Waals surface area (Å²) in [6.45, 7) is -0.496. The highest BCUT2D eigenvalue weighted by Gasteiger charge is 2.10. The highest BCUT2D eigenvalue weighted by atomic mass is 19.1. The van der Waals surface area contributed by atoms with Crippen molar-refractivity contribution in [3.63, 3.8) is 0 Å². The Morgan fingerprint density at radius 2 is 1.68 bits per heavy atom. The summed E-state index contributed by atoms with van der Waals surface area (Å²) in [5.41, 5.74) is 0.476. The van der Waals surface area contributed by atoms with E-state index in [1.807, 2.05) is 0 Å². The van der Waals surface area contributed by atoms with Gasteiger partial charge in [0.2, 0.25) is 0 Å². The number of nitrogens with one attached hydrogen (secondary N) is 1. The van der Waals surface area contributed by atoms with Crippen LogP contribution in [0.25, 0.3) is 0 Å². The fraction of sp³-hybridized carbons (Fsp3) is 0.125. The van der Waals surface area contributed by atoms with Crippen LogP contribution in [-0.2, 0) is 16.1 Å². The predicted molar refractivity (Wildman–Crippen MR) is 74.9 cm³/mol. The van der Waals surface area contributed by atoms with Crippen molar-refractivity contribution in [2.24, 2.45) is 0 Å². The van der Waals surface area contributed by atoms with Crippen molar-refractivity contribution in [3.8, 4) is 0 Å². The van der Waals surface area contributed by atoms with E-state index < -0.39 is 30.1 Å². The second kappa shape index (κ2) is 7.31. The second-order valence-electron chi connectivity index (χ2n) is 4.45. The molecule has 0 spiro atoms. The topological polar surface area (TPSA) is 55.4 Å². The van der Waals surface area contributed by atoms with Crippen LogP contribution in [0.1, 0.15) is 15.9 Å². The number of esters is 1. The first-order valence-electron chi connectivity index (χ1n) is 6.49. The van der Waals surface area contributed by atoms with Gasteiger partial charge in [-0.15, -0.1) is 0 Å². The van der Waals surface area contributed by atoms with Crippen molar-refractivity contribution < 1.29 is 23.1 Å². The molecule has 0 saturated carbocycles. The summed E-state index contributed by atoms with van der Waals surface area (Å²) in [5.74, 6) is -2.19. The molecule has 2 rings (SSSR count). The second-order valence-corrected chi connectivity index (χ2v) is 4.45. The van der Waals surface area contributed by atoms with Crippen LogP contribution in [0.15, 0.2) is 48.5 Å². The minimum atomic E-state index is -0.735. The van der Waals surface area contributed by atoms with Gasteiger partial charge in [-0.05, 0) is 30.3 Å². The Morgan fingerprint density at radius 1 is 1.00 bits per heavy atom. The van der Waals surface area contributed by atoms with Crippen LogP contribution >= 0.6 is 0 Å². The van der Waals surface area contributed by atoms with Crippen molar-refractivity contribution in [1.82, 2.24) is 5.32 Å². The van der Waals surface area contributed by atoms with Gasteiger partial charge in [-0.25, -0.2) is 13.6 Å². The molecule has 1 N–H and O–H groups in total. The molecule has 1 amide bonds. The van der Waals surface area contributed by atoms with Crippen molar-refractivity contribution in [1.29, 1.82) is 0 Å². The molecule has 22 heavy (non-hydrogen) atoms. The predicted octanol–water partition coefficient (Wildman–Crippen LogP) is 2.44. The molecule has 0 heterocycles. The molecule has 0 saturated heterocycles. The molecule has 0 aromatic heterocycles. The smallest absolute Gasteiger partial charge is 0.338 e. The van der Waals surface area contributed by atoms with E-state index in [2.05, 4.69) is 5.32 Å². The van der Waals surface area contributed by atoms with Crippen molar-refractivity contribution in [3.05, 3.63) is 71.3 Å². The molecular formula is C16H13F2NO3. The molecule has 2 aromatic rings. The fourth-order valence-electron chi connectivity index (χ4n) is 1.69. The van der Waals surface area contributed by atoms with Crippen LogP contribution in [-0.4, -0.2) is 18.5 Å². The molecule has 0 unspecified atom stereocenters. The maximum atomic E-state index is 13.3. The molecule has 0 fully saturated rings. The SMILES string of the molecule is O=C(COC(=O)c1ccc(F)cc1)NCc1ccccc1F. The van der Waals surface area contributed by atoms with Gasteiger partial charge in [-0.2, -0.15) is 0 Å². The molecule has 0 atom stereocenters. The summed E-state index contributed by atoms with van der Waals surface area (Å²) in [7, 11) is 0. The number of benzene rings is 2. The van der Waals surface area contributed by atoms with Crippen molar-refractivity contribution in [2.75, 3.05) is 6.61 Å². The summed E-state index contributed by atoms with van der Waals surface area (Å²) in [6, 6.07) is 10.8. The molecule has 4 nitrogen and oxygen atoms in total. The Labute approximate surface area is 125 Å². The number of ether oxygens (including phenoxy) is 1. The first-order chi connectivity index (χ1) is 10.6. The number of carbonyl (C=O) groups excluding carboxylic acids is 2. The summed E-state index contributed by atoms with van der Waals surface area (Å²) < 4.78 is 30.8. The molecule has 6 heteroatoms. The van der Waals surface area contributed by atoms with Gasteiger partial charge < -0.3 is 10.1 Å². The van der Waals surface area contributed by atoms with Crippen LogP contribution in [0.5, 0.6) is 0 Å². The lowest BCUT2D eigenvalue weighted by molar-refractivity contribution is -0.124. The minimum absolute atomic E-state index is 0.000392. The minimum Gasteiger partial charge on any atom is -0.452 e. The van der Waals surface area contributed by atoms with Gasteiger partial charge in [-0.1, -0.05) is 18.2 Å². The molecule has 0 bridgehead atoms. The van der Waals surface area contributed by atoms with Gasteiger partial charge in [-0.3, -0.25) is 4.79 Å². The van der Waals surface area contributed by atoms with Crippen LogP contribution in [0.3, 0.4) is 0 Å². The van der Waals surface area contributed by atoms with E-state index in [4.69, 9.17) is 4.74 Å². The molecule has 2 aromatic carbocycles. The van der Waals surface area contributed by atoms with E-state index in [1.165, 1.54) is 18.2 Å². The summed E-state index contributed by atoms with van der Waals surface area (Å²) in [4.78, 5) is 23.2. The van der Waals surface area contributed by atoms with Gasteiger partial charge in [0.05, 0.1) is 5.56 Å². The maximum absolute atomic E-state index is 13.3. The quantitative estimate of drug-likeness (QED) is 0.863. The third-order valence-electron chi connectivity index (χ3n) is 2.85. The van der Waals surface area contributed by atoms with E-state index in [-0.39, 0.29) is 12.1 Å². The van der Waals surface area contributed by atoms with E-state index >= 15 is 0 Å².